The molecule has 33 heavy (non-hydrogen) atoms. The molecule has 1 unspecified atom stereocenters. The summed E-state index contributed by atoms with van der Waals surface area (Å²) in [5, 5.41) is 3.20. The number of nitrogens with one attached hydrogen (secondary N) is 1. The third-order valence-electron chi connectivity index (χ3n) is 7.00. The highest BCUT2D eigenvalue weighted by molar-refractivity contribution is 5.94. The second-order valence-electron chi connectivity index (χ2n) is 9.07. The maximum Gasteiger partial charge on any atom is 0.253 e. The van der Waals surface area contributed by atoms with Crippen LogP contribution >= 0.6 is 0 Å². The van der Waals surface area contributed by atoms with Gasteiger partial charge in [-0.3, -0.25) is 14.5 Å². The second kappa shape index (κ2) is 11.3. The van der Waals surface area contributed by atoms with E-state index in [2.05, 4.69) is 10.2 Å². The fourth-order valence-electron chi connectivity index (χ4n) is 5.14. The fraction of sp³-hybridized carbons (Fsp3) is 0.481. The minimum Gasteiger partial charge on any atom is -0.497 e. The first kappa shape index (κ1) is 23.3. The summed E-state index contributed by atoms with van der Waals surface area (Å²) in [6.07, 6.45) is 5.42. The van der Waals surface area contributed by atoms with E-state index in [1.807, 2.05) is 59.5 Å². The quantitative estimate of drug-likeness (QED) is 0.671. The van der Waals surface area contributed by atoms with Gasteiger partial charge in [0.25, 0.3) is 5.91 Å². The normalized spacial score (nSPS) is 18.2. The molecule has 1 heterocycles. The van der Waals surface area contributed by atoms with Crippen molar-refractivity contribution in [3.63, 3.8) is 0 Å². The van der Waals surface area contributed by atoms with E-state index in [4.69, 9.17) is 4.74 Å². The van der Waals surface area contributed by atoms with E-state index in [1.54, 1.807) is 7.11 Å². The van der Waals surface area contributed by atoms with E-state index in [1.165, 1.54) is 18.4 Å². The molecule has 6 heteroatoms. The first-order valence-corrected chi connectivity index (χ1v) is 12.1. The average Bonchev–Trinajstić information content (AvgIpc) is 3.39. The van der Waals surface area contributed by atoms with Crippen molar-refractivity contribution in [1.82, 2.24) is 15.1 Å². The summed E-state index contributed by atoms with van der Waals surface area (Å²) in [4.78, 5) is 30.3. The summed E-state index contributed by atoms with van der Waals surface area (Å²) in [6.45, 7) is 3.43. The SMILES string of the molecule is COc1ccc(CCNC(=O)C(C2CCCC2)N2CCN(C(=O)c3ccccc3)CC2)cc1. The number of carbonyl (C=O) groups is 2. The highest BCUT2D eigenvalue weighted by atomic mass is 16.5. The van der Waals surface area contributed by atoms with E-state index in [0.29, 0.717) is 25.6 Å². The molecule has 176 valence electrons. The summed E-state index contributed by atoms with van der Waals surface area (Å²) < 4.78 is 5.22. The summed E-state index contributed by atoms with van der Waals surface area (Å²) in [5.41, 5.74) is 1.91. The molecule has 1 aliphatic heterocycles. The summed E-state index contributed by atoms with van der Waals surface area (Å²) in [7, 11) is 1.66. The summed E-state index contributed by atoms with van der Waals surface area (Å²) >= 11 is 0. The lowest BCUT2D eigenvalue weighted by Crippen LogP contribution is -2.58. The minimum absolute atomic E-state index is 0.0802. The van der Waals surface area contributed by atoms with Gasteiger partial charge in [0.2, 0.25) is 5.91 Å². The standard InChI is InChI=1S/C27H35N3O3/c1-33-24-13-11-21(12-14-24)15-16-28-26(31)25(22-7-5-6-8-22)29-17-19-30(20-18-29)27(32)23-9-3-2-4-10-23/h2-4,9-14,22,25H,5-8,15-20H2,1H3,(H,28,31). The number of hydrogen-bond donors (Lipinski definition) is 1. The Kier molecular flexibility index (Phi) is 8.00. The summed E-state index contributed by atoms with van der Waals surface area (Å²) in [5.74, 6) is 1.46. The van der Waals surface area contributed by atoms with E-state index in [9.17, 15) is 9.59 Å². The Morgan fingerprint density at radius 2 is 1.64 bits per heavy atom. The van der Waals surface area contributed by atoms with Crippen molar-refractivity contribution in [3.05, 3.63) is 65.7 Å². The van der Waals surface area contributed by atoms with Crippen LogP contribution in [0, 0.1) is 5.92 Å². The topological polar surface area (TPSA) is 61.9 Å². The Hall–Kier alpha value is -2.86. The molecule has 0 bridgehead atoms. The summed E-state index contributed by atoms with van der Waals surface area (Å²) in [6, 6.07) is 17.4. The third kappa shape index (κ3) is 5.93. The van der Waals surface area contributed by atoms with E-state index >= 15 is 0 Å². The maximum atomic E-state index is 13.3. The fourth-order valence-corrected chi connectivity index (χ4v) is 5.14. The van der Waals surface area contributed by atoms with Gasteiger partial charge >= 0.3 is 0 Å². The molecule has 0 aromatic heterocycles. The molecule has 1 N–H and O–H groups in total. The number of amides is 2. The zero-order valence-corrected chi connectivity index (χ0v) is 19.5. The molecule has 0 spiro atoms. The number of rotatable bonds is 8. The van der Waals surface area contributed by atoms with Crippen molar-refractivity contribution < 1.29 is 14.3 Å². The van der Waals surface area contributed by atoms with Gasteiger partial charge in [0, 0.05) is 38.3 Å². The Balaban J connectivity index is 1.33. The van der Waals surface area contributed by atoms with Crippen molar-refractivity contribution in [1.29, 1.82) is 0 Å². The van der Waals surface area contributed by atoms with Crippen LogP contribution in [-0.4, -0.2) is 67.5 Å². The predicted molar refractivity (Wildman–Crippen MR) is 129 cm³/mol. The molecule has 4 rings (SSSR count). The van der Waals surface area contributed by atoms with Crippen LogP contribution in [0.1, 0.15) is 41.6 Å². The van der Waals surface area contributed by atoms with E-state index in [-0.39, 0.29) is 17.9 Å². The van der Waals surface area contributed by atoms with Crippen molar-refractivity contribution in [2.75, 3.05) is 39.8 Å². The lowest BCUT2D eigenvalue weighted by molar-refractivity contribution is -0.129. The van der Waals surface area contributed by atoms with Gasteiger partial charge in [-0.25, -0.2) is 0 Å². The van der Waals surface area contributed by atoms with Gasteiger partial charge in [0.1, 0.15) is 5.75 Å². The lowest BCUT2D eigenvalue weighted by atomic mass is 9.94. The van der Waals surface area contributed by atoms with Crippen LogP contribution in [0.2, 0.25) is 0 Å². The lowest BCUT2D eigenvalue weighted by Gasteiger charge is -2.40. The second-order valence-corrected chi connectivity index (χ2v) is 9.07. The largest absolute Gasteiger partial charge is 0.497 e. The minimum atomic E-state index is -0.0997. The molecule has 1 atom stereocenters. The molecule has 2 aliphatic rings. The van der Waals surface area contributed by atoms with Gasteiger partial charge < -0.3 is 15.0 Å². The zero-order valence-electron chi connectivity index (χ0n) is 19.5. The van der Waals surface area contributed by atoms with Gasteiger partial charge in [0.15, 0.2) is 0 Å². The predicted octanol–water partition coefficient (Wildman–Crippen LogP) is 3.37. The van der Waals surface area contributed by atoms with Crippen molar-refractivity contribution in [2.45, 2.75) is 38.1 Å². The molecule has 2 aromatic rings. The highest BCUT2D eigenvalue weighted by Gasteiger charge is 2.37. The molecule has 2 aromatic carbocycles. The average molecular weight is 450 g/mol. The van der Waals surface area contributed by atoms with Crippen molar-refractivity contribution in [3.8, 4) is 5.75 Å². The van der Waals surface area contributed by atoms with Crippen LogP contribution in [0.5, 0.6) is 5.75 Å². The Morgan fingerprint density at radius 1 is 0.970 bits per heavy atom. The van der Waals surface area contributed by atoms with E-state index < -0.39 is 0 Å². The van der Waals surface area contributed by atoms with Gasteiger partial charge in [-0.2, -0.15) is 0 Å². The Morgan fingerprint density at radius 3 is 2.27 bits per heavy atom. The molecule has 1 saturated carbocycles. The van der Waals surface area contributed by atoms with Crippen LogP contribution in [0.15, 0.2) is 54.6 Å². The first-order valence-electron chi connectivity index (χ1n) is 12.1. The monoisotopic (exact) mass is 449 g/mol. The molecule has 0 radical (unpaired) electrons. The van der Waals surface area contributed by atoms with Gasteiger partial charge in [-0.15, -0.1) is 0 Å². The van der Waals surface area contributed by atoms with Gasteiger partial charge in [-0.1, -0.05) is 43.2 Å². The number of piperazine rings is 1. The third-order valence-corrected chi connectivity index (χ3v) is 7.00. The molecular weight excluding hydrogens is 414 g/mol. The van der Waals surface area contributed by atoms with Gasteiger partial charge in [-0.05, 0) is 55.0 Å². The van der Waals surface area contributed by atoms with E-state index in [0.717, 1.165) is 43.7 Å². The van der Waals surface area contributed by atoms with Crippen LogP contribution in [0.25, 0.3) is 0 Å². The van der Waals surface area contributed by atoms with Crippen LogP contribution < -0.4 is 10.1 Å². The van der Waals surface area contributed by atoms with Crippen LogP contribution in [0.4, 0.5) is 0 Å². The van der Waals surface area contributed by atoms with Crippen LogP contribution in [-0.2, 0) is 11.2 Å². The number of benzene rings is 2. The molecule has 1 saturated heterocycles. The van der Waals surface area contributed by atoms with Crippen LogP contribution in [0.3, 0.4) is 0 Å². The number of ether oxygens (including phenoxy) is 1. The highest BCUT2D eigenvalue weighted by Crippen LogP contribution is 2.31. The van der Waals surface area contributed by atoms with Crippen molar-refractivity contribution in [2.24, 2.45) is 5.92 Å². The Labute approximate surface area is 196 Å². The molecule has 2 amide bonds. The Bertz CT molecular complexity index is 902. The van der Waals surface area contributed by atoms with Gasteiger partial charge in [0.05, 0.1) is 13.2 Å². The smallest absolute Gasteiger partial charge is 0.253 e. The first-order chi connectivity index (χ1) is 16.2. The maximum absolute atomic E-state index is 13.3. The van der Waals surface area contributed by atoms with Crippen molar-refractivity contribution >= 4 is 11.8 Å². The number of hydrogen-bond acceptors (Lipinski definition) is 4. The molecule has 1 aliphatic carbocycles. The number of methoxy groups -OCH3 is 1. The number of nitrogens with zero attached hydrogens (tertiary/aromatic N) is 2. The number of carbonyl (C=O) groups excluding carboxylic acids is 2. The molecule has 6 nitrogen and oxygen atoms in total. The zero-order chi connectivity index (χ0) is 23.0. The molecular formula is C27H35N3O3. The molecule has 2 fully saturated rings.